The summed E-state index contributed by atoms with van der Waals surface area (Å²) in [7, 11) is 0. The summed E-state index contributed by atoms with van der Waals surface area (Å²) in [4.78, 5) is 0. The minimum Gasteiger partial charge on any atom is -0.123 e. The highest BCUT2D eigenvalue weighted by molar-refractivity contribution is 6.20. The summed E-state index contributed by atoms with van der Waals surface area (Å²) in [6, 6.07) is 0. The average molecular weight is 311 g/mol. The summed E-state index contributed by atoms with van der Waals surface area (Å²) < 4.78 is 0. The first-order valence-electron chi connectivity index (χ1n) is 9.90. The van der Waals surface area contributed by atoms with Gasteiger partial charge in [0.15, 0.2) is 0 Å². The van der Waals surface area contributed by atoms with Gasteiger partial charge in [0.2, 0.25) is 0 Å². The molecule has 0 aliphatic heterocycles. The van der Waals surface area contributed by atoms with Crippen LogP contribution in [0.25, 0.3) is 0 Å². The molecular formula is C20H35Cl. The molecule has 0 amide bonds. The summed E-state index contributed by atoms with van der Waals surface area (Å²) in [6.07, 6.45) is 19.2. The molecule has 0 N–H and O–H groups in total. The molecule has 3 fully saturated rings. The summed E-state index contributed by atoms with van der Waals surface area (Å²) in [5.74, 6) is 5.31. The molecule has 0 spiro atoms. The number of rotatable bonds is 3. The van der Waals surface area contributed by atoms with Crippen LogP contribution in [0.1, 0.15) is 90.4 Å². The molecular weight excluding hydrogens is 276 g/mol. The van der Waals surface area contributed by atoms with Crippen molar-refractivity contribution in [2.24, 2.45) is 29.6 Å². The Kier molecular flexibility index (Phi) is 5.93. The molecule has 0 unspecified atom stereocenters. The SMILES string of the molecule is CCC1CCC(C2CCC(C3CCC(Cl)CC3)CC2)CC1. The number of hydrogen-bond acceptors (Lipinski definition) is 0. The van der Waals surface area contributed by atoms with Crippen molar-refractivity contribution in [2.45, 2.75) is 95.8 Å². The lowest BCUT2D eigenvalue weighted by Crippen LogP contribution is -2.29. The van der Waals surface area contributed by atoms with Gasteiger partial charge in [0, 0.05) is 5.38 Å². The minimum atomic E-state index is 0.492. The topological polar surface area (TPSA) is 0 Å². The van der Waals surface area contributed by atoms with Gasteiger partial charge < -0.3 is 0 Å². The maximum Gasteiger partial charge on any atom is 0.0336 e. The van der Waals surface area contributed by atoms with E-state index in [0.29, 0.717) is 5.38 Å². The zero-order valence-corrected chi connectivity index (χ0v) is 14.8. The Morgan fingerprint density at radius 1 is 0.571 bits per heavy atom. The highest BCUT2D eigenvalue weighted by Crippen LogP contribution is 2.45. The van der Waals surface area contributed by atoms with E-state index in [4.69, 9.17) is 11.6 Å². The smallest absolute Gasteiger partial charge is 0.0336 e. The zero-order valence-electron chi connectivity index (χ0n) is 14.0. The van der Waals surface area contributed by atoms with Crippen molar-refractivity contribution in [3.63, 3.8) is 0 Å². The molecule has 0 saturated heterocycles. The van der Waals surface area contributed by atoms with E-state index in [9.17, 15) is 0 Å². The molecule has 0 radical (unpaired) electrons. The van der Waals surface area contributed by atoms with Gasteiger partial charge >= 0.3 is 0 Å². The molecule has 0 atom stereocenters. The third-order valence-corrected chi connectivity index (χ3v) is 7.76. The van der Waals surface area contributed by atoms with Crippen LogP contribution in [0.2, 0.25) is 0 Å². The second-order valence-electron chi connectivity index (χ2n) is 8.38. The van der Waals surface area contributed by atoms with Gasteiger partial charge in [-0.25, -0.2) is 0 Å². The summed E-state index contributed by atoms with van der Waals surface area (Å²) in [6.45, 7) is 2.38. The second kappa shape index (κ2) is 7.71. The molecule has 0 bridgehead atoms. The Morgan fingerprint density at radius 3 is 1.29 bits per heavy atom. The van der Waals surface area contributed by atoms with E-state index in [1.807, 2.05) is 0 Å². The van der Waals surface area contributed by atoms with Gasteiger partial charge in [-0.2, -0.15) is 0 Å². The van der Waals surface area contributed by atoms with Gasteiger partial charge in [-0.1, -0.05) is 26.2 Å². The van der Waals surface area contributed by atoms with E-state index in [0.717, 1.165) is 29.6 Å². The van der Waals surface area contributed by atoms with Gasteiger partial charge in [0.05, 0.1) is 0 Å². The van der Waals surface area contributed by atoms with Crippen LogP contribution < -0.4 is 0 Å². The minimum absolute atomic E-state index is 0.492. The number of hydrogen-bond donors (Lipinski definition) is 0. The predicted octanol–water partition coefficient (Wildman–Crippen LogP) is 6.81. The quantitative estimate of drug-likeness (QED) is 0.502. The zero-order chi connectivity index (χ0) is 14.7. The predicted molar refractivity (Wildman–Crippen MR) is 92.8 cm³/mol. The van der Waals surface area contributed by atoms with Crippen molar-refractivity contribution < 1.29 is 0 Å². The molecule has 0 nitrogen and oxygen atoms in total. The van der Waals surface area contributed by atoms with Gasteiger partial charge in [-0.15, -0.1) is 11.6 Å². The third-order valence-electron chi connectivity index (χ3n) is 7.32. The van der Waals surface area contributed by atoms with Crippen LogP contribution in [0.3, 0.4) is 0 Å². The summed E-state index contributed by atoms with van der Waals surface area (Å²) >= 11 is 6.27. The van der Waals surface area contributed by atoms with Gasteiger partial charge in [-0.05, 0) is 93.8 Å². The molecule has 21 heavy (non-hydrogen) atoms. The van der Waals surface area contributed by atoms with Crippen LogP contribution in [0, 0.1) is 29.6 Å². The normalized spacial score (nSPS) is 45.4. The van der Waals surface area contributed by atoms with Gasteiger partial charge in [0.25, 0.3) is 0 Å². The molecule has 0 heterocycles. The Hall–Kier alpha value is 0.290. The van der Waals surface area contributed by atoms with Crippen molar-refractivity contribution in [3.05, 3.63) is 0 Å². The standard InChI is InChI=1S/C20H35Cl/c1-2-15-3-5-16(6-4-15)17-7-9-18(10-8-17)19-11-13-20(21)14-12-19/h15-20H,2-14H2,1H3. The molecule has 3 rings (SSSR count). The molecule has 122 valence electrons. The van der Waals surface area contributed by atoms with Crippen LogP contribution in [-0.2, 0) is 0 Å². The first-order chi connectivity index (χ1) is 10.3. The van der Waals surface area contributed by atoms with E-state index in [1.54, 1.807) is 25.7 Å². The van der Waals surface area contributed by atoms with Crippen molar-refractivity contribution >= 4 is 11.6 Å². The lowest BCUT2D eigenvalue weighted by atomic mass is 9.65. The molecule has 1 heteroatoms. The number of alkyl halides is 1. The van der Waals surface area contributed by atoms with E-state index in [2.05, 4.69) is 6.92 Å². The fraction of sp³-hybridized carbons (Fsp3) is 1.00. The van der Waals surface area contributed by atoms with Crippen molar-refractivity contribution in [1.82, 2.24) is 0 Å². The highest BCUT2D eigenvalue weighted by atomic mass is 35.5. The Balaban J connectivity index is 1.41. The molecule has 0 aromatic carbocycles. The third kappa shape index (κ3) is 4.18. The molecule has 3 aliphatic rings. The van der Waals surface area contributed by atoms with Gasteiger partial charge in [0.1, 0.15) is 0 Å². The van der Waals surface area contributed by atoms with Crippen LogP contribution in [-0.4, -0.2) is 5.38 Å². The van der Waals surface area contributed by atoms with Gasteiger partial charge in [-0.3, -0.25) is 0 Å². The summed E-state index contributed by atoms with van der Waals surface area (Å²) in [5, 5.41) is 0.492. The Bertz CT molecular complexity index is 289. The maximum absolute atomic E-state index is 6.27. The van der Waals surface area contributed by atoms with Crippen LogP contribution >= 0.6 is 11.6 Å². The van der Waals surface area contributed by atoms with Crippen molar-refractivity contribution in [2.75, 3.05) is 0 Å². The summed E-state index contributed by atoms with van der Waals surface area (Å²) in [5.41, 5.74) is 0. The molecule has 3 saturated carbocycles. The first-order valence-corrected chi connectivity index (χ1v) is 10.3. The van der Waals surface area contributed by atoms with Crippen LogP contribution in [0.4, 0.5) is 0 Å². The molecule has 3 aliphatic carbocycles. The molecule has 0 aromatic heterocycles. The second-order valence-corrected chi connectivity index (χ2v) is 8.99. The fourth-order valence-corrected chi connectivity index (χ4v) is 5.96. The molecule has 0 aromatic rings. The maximum atomic E-state index is 6.27. The highest BCUT2D eigenvalue weighted by Gasteiger charge is 2.34. The lowest BCUT2D eigenvalue weighted by molar-refractivity contribution is 0.112. The van der Waals surface area contributed by atoms with Crippen molar-refractivity contribution in [3.8, 4) is 0 Å². The van der Waals surface area contributed by atoms with Crippen LogP contribution in [0.5, 0.6) is 0 Å². The van der Waals surface area contributed by atoms with Crippen LogP contribution in [0.15, 0.2) is 0 Å². The Morgan fingerprint density at radius 2 is 0.905 bits per heavy atom. The van der Waals surface area contributed by atoms with E-state index >= 15 is 0 Å². The fourth-order valence-electron chi connectivity index (χ4n) is 5.71. The lowest BCUT2D eigenvalue weighted by Gasteiger charge is -2.41. The largest absolute Gasteiger partial charge is 0.123 e. The number of halogens is 1. The Labute approximate surface area is 137 Å². The van der Waals surface area contributed by atoms with Crippen molar-refractivity contribution in [1.29, 1.82) is 0 Å². The average Bonchev–Trinajstić information content (AvgIpc) is 2.56. The monoisotopic (exact) mass is 310 g/mol. The van der Waals surface area contributed by atoms with E-state index < -0.39 is 0 Å². The first kappa shape index (κ1) is 16.2. The van der Waals surface area contributed by atoms with E-state index in [-0.39, 0.29) is 0 Å². The van der Waals surface area contributed by atoms with E-state index in [1.165, 1.54) is 57.8 Å².